The van der Waals surface area contributed by atoms with Gasteiger partial charge < -0.3 is 15.2 Å². The van der Waals surface area contributed by atoms with Crippen LogP contribution >= 0.6 is 0 Å². The highest BCUT2D eigenvalue weighted by atomic mass is 19.1. The van der Waals surface area contributed by atoms with Gasteiger partial charge in [-0.05, 0) is 81.1 Å². The fraction of sp³-hybridized carbons (Fsp3) is 0.220. The topological polar surface area (TPSA) is 125 Å². The molecule has 4 heterocycles. The largest absolute Gasteiger partial charge is 0.349 e. The van der Waals surface area contributed by atoms with Crippen molar-refractivity contribution in [1.29, 1.82) is 0 Å². The second kappa shape index (κ2) is 13.9. The minimum Gasteiger partial charge on any atom is -0.349 e. The zero-order valence-electron chi connectivity index (χ0n) is 29.6. The van der Waals surface area contributed by atoms with Crippen LogP contribution in [0.2, 0.25) is 0 Å². The SMILES string of the molecule is Cc1cc(C)n(-c2ccc(C(C)NC(=O)C3CC(NC(=O)c4cncc(-n5cc(Cn6c(-c7ccccc7)cc7ccccc76)nn5)c4)C3)cc2F)n1. The Balaban J connectivity index is 0.874. The molecule has 0 bridgehead atoms. The van der Waals surface area contributed by atoms with Crippen molar-refractivity contribution in [2.75, 3.05) is 0 Å². The number of carbonyl (C=O) groups is 2. The Hall–Kier alpha value is -6.43. The summed E-state index contributed by atoms with van der Waals surface area (Å²) in [4.78, 5) is 30.6. The first-order valence-electron chi connectivity index (χ1n) is 17.6. The number of amides is 2. The number of aryl methyl sites for hydroxylation is 2. The number of benzene rings is 3. The lowest BCUT2D eigenvalue weighted by Crippen LogP contribution is -2.49. The van der Waals surface area contributed by atoms with Gasteiger partial charge in [0, 0.05) is 40.4 Å². The van der Waals surface area contributed by atoms with Crippen molar-refractivity contribution >= 4 is 22.7 Å². The van der Waals surface area contributed by atoms with Crippen LogP contribution in [0.5, 0.6) is 0 Å². The summed E-state index contributed by atoms with van der Waals surface area (Å²) in [7, 11) is 0. The van der Waals surface area contributed by atoms with Crippen molar-refractivity contribution in [3.05, 3.63) is 144 Å². The third kappa shape index (κ3) is 6.83. The van der Waals surface area contributed by atoms with E-state index in [0.29, 0.717) is 41.9 Å². The van der Waals surface area contributed by atoms with Gasteiger partial charge in [0.1, 0.15) is 17.2 Å². The van der Waals surface area contributed by atoms with Gasteiger partial charge in [-0.3, -0.25) is 14.6 Å². The first kappa shape index (κ1) is 33.7. The van der Waals surface area contributed by atoms with Gasteiger partial charge in [0.2, 0.25) is 5.91 Å². The smallest absolute Gasteiger partial charge is 0.253 e. The minimum absolute atomic E-state index is 0.125. The molecule has 8 rings (SSSR count). The molecule has 0 spiro atoms. The number of hydrogen-bond acceptors (Lipinski definition) is 6. The molecule has 266 valence electrons. The average molecular weight is 708 g/mol. The summed E-state index contributed by atoms with van der Waals surface area (Å²) in [6.07, 6.45) is 6.02. The molecule has 2 amide bonds. The maximum absolute atomic E-state index is 15.1. The van der Waals surface area contributed by atoms with Crippen molar-refractivity contribution in [3.8, 4) is 22.6 Å². The molecule has 1 atom stereocenters. The lowest BCUT2D eigenvalue weighted by atomic mass is 9.79. The van der Waals surface area contributed by atoms with E-state index in [-0.39, 0.29) is 29.8 Å². The summed E-state index contributed by atoms with van der Waals surface area (Å²) >= 11 is 0. The third-order valence-electron chi connectivity index (χ3n) is 9.90. The average Bonchev–Trinajstić information content (AvgIpc) is 3.86. The summed E-state index contributed by atoms with van der Waals surface area (Å²) in [5, 5.41) is 20.3. The number of halogens is 1. The number of nitrogens with one attached hydrogen (secondary N) is 2. The number of fused-ring (bicyclic) bond motifs is 1. The molecular formula is C41H38FN9O2. The highest BCUT2D eigenvalue weighted by molar-refractivity contribution is 5.95. The van der Waals surface area contributed by atoms with Crippen LogP contribution in [0.1, 0.15) is 58.8 Å². The molecule has 1 saturated carbocycles. The van der Waals surface area contributed by atoms with Crippen molar-refractivity contribution < 1.29 is 14.0 Å². The van der Waals surface area contributed by atoms with Crippen LogP contribution in [0, 0.1) is 25.6 Å². The van der Waals surface area contributed by atoms with Gasteiger partial charge in [-0.15, -0.1) is 5.10 Å². The number of carbonyl (C=O) groups excluding carboxylic acids is 2. The van der Waals surface area contributed by atoms with Gasteiger partial charge in [-0.1, -0.05) is 59.8 Å². The van der Waals surface area contributed by atoms with Crippen LogP contribution in [0.25, 0.3) is 33.5 Å². The monoisotopic (exact) mass is 707 g/mol. The summed E-state index contributed by atoms with van der Waals surface area (Å²) < 4.78 is 20.5. The molecule has 7 aromatic rings. The van der Waals surface area contributed by atoms with Crippen LogP contribution in [0.3, 0.4) is 0 Å². The fourth-order valence-corrected chi connectivity index (χ4v) is 7.04. The summed E-state index contributed by atoms with van der Waals surface area (Å²) in [6.45, 7) is 6.08. The maximum Gasteiger partial charge on any atom is 0.253 e. The van der Waals surface area contributed by atoms with Gasteiger partial charge in [0.15, 0.2) is 0 Å². The molecule has 0 radical (unpaired) electrons. The van der Waals surface area contributed by atoms with Crippen LogP contribution in [0.4, 0.5) is 4.39 Å². The fourth-order valence-electron chi connectivity index (χ4n) is 7.04. The van der Waals surface area contributed by atoms with Crippen molar-refractivity contribution in [2.45, 2.75) is 52.2 Å². The first-order valence-corrected chi connectivity index (χ1v) is 17.6. The molecule has 4 aromatic heterocycles. The van der Waals surface area contributed by atoms with E-state index < -0.39 is 5.82 Å². The third-order valence-corrected chi connectivity index (χ3v) is 9.90. The van der Waals surface area contributed by atoms with Gasteiger partial charge in [0.25, 0.3) is 5.91 Å². The Morgan fingerprint density at radius 1 is 0.943 bits per heavy atom. The second-order valence-electron chi connectivity index (χ2n) is 13.7. The molecule has 1 fully saturated rings. The van der Waals surface area contributed by atoms with E-state index in [4.69, 9.17) is 0 Å². The molecule has 0 aliphatic heterocycles. The van der Waals surface area contributed by atoms with Crippen LogP contribution in [-0.4, -0.2) is 52.2 Å². The Kier molecular flexibility index (Phi) is 8.87. The summed E-state index contributed by atoms with van der Waals surface area (Å²) in [5.41, 5.74) is 7.72. The van der Waals surface area contributed by atoms with Crippen molar-refractivity contribution in [2.24, 2.45) is 5.92 Å². The van der Waals surface area contributed by atoms with Crippen LogP contribution in [0.15, 0.2) is 110 Å². The molecule has 0 saturated heterocycles. The molecule has 11 nitrogen and oxygen atoms in total. The number of aromatic nitrogens is 7. The highest BCUT2D eigenvalue weighted by Gasteiger charge is 2.36. The summed E-state index contributed by atoms with van der Waals surface area (Å²) in [5.74, 6) is -1.06. The molecule has 12 heteroatoms. The minimum atomic E-state index is -0.410. The normalized spacial score (nSPS) is 15.9. The van der Waals surface area contributed by atoms with E-state index in [9.17, 15) is 9.59 Å². The summed E-state index contributed by atoms with van der Waals surface area (Å²) in [6, 6.07) is 28.7. The number of rotatable bonds is 10. The number of pyridine rings is 1. The molecule has 1 aliphatic rings. The van der Waals surface area contributed by atoms with E-state index >= 15 is 4.39 Å². The molecular weight excluding hydrogens is 670 g/mol. The Morgan fingerprint density at radius 3 is 2.51 bits per heavy atom. The number of para-hydroxylation sites is 1. The lowest BCUT2D eigenvalue weighted by molar-refractivity contribution is -0.128. The van der Waals surface area contributed by atoms with Crippen LogP contribution in [-0.2, 0) is 11.3 Å². The van der Waals surface area contributed by atoms with E-state index in [1.807, 2.05) is 63.4 Å². The molecule has 1 unspecified atom stereocenters. The predicted octanol–water partition coefficient (Wildman–Crippen LogP) is 6.66. The van der Waals surface area contributed by atoms with Gasteiger partial charge in [0.05, 0.1) is 41.9 Å². The number of nitrogens with zero attached hydrogens (tertiary/aromatic N) is 7. The lowest BCUT2D eigenvalue weighted by Gasteiger charge is -2.35. The molecule has 1 aliphatic carbocycles. The quantitative estimate of drug-likeness (QED) is 0.164. The van der Waals surface area contributed by atoms with E-state index in [1.54, 1.807) is 33.8 Å². The Bertz CT molecular complexity index is 2460. The molecule has 3 aromatic carbocycles. The Labute approximate surface area is 305 Å². The van der Waals surface area contributed by atoms with Crippen LogP contribution < -0.4 is 10.6 Å². The van der Waals surface area contributed by atoms with Gasteiger partial charge in [-0.2, -0.15) is 5.10 Å². The maximum atomic E-state index is 15.1. The van der Waals surface area contributed by atoms with Gasteiger partial charge in [-0.25, -0.2) is 13.8 Å². The molecule has 53 heavy (non-hydrogen) atoms. The zero-order chi connectivity index (χ0) is 36.6. The van der Waals surface area contributed by atoms with Crippen molar-refractivity contribution in [1.82, 2.24) is 45.0 Å². The highest BCUT2D eigenvalue weighted by Crippen LogP contribution is 2.31. The predicted molar refractivity (Wildman–Crippen MR) is 199 cm³/mol. The van der Waals surface area contributed by atoms with E-state index in [1.165, 1.54) is 12.3 Å². The standard InChI is InChI=1S/C41H38FN9O2/c1-25-15-26(2)51(47-25)38-14-13-29(19-36(38)42)27(3)44-40(52)31-16-33(17-31)45-41(53)32-18-35(22-43-21-32)50-24-34(46-48-50)23-49-37-12-8-7-11-30(37)20-39(49)28-9-5-4-6-10-28/h4-15,18-22,24,27,31,33H,16-17,23H2,1-3H3,(H,44,52)(H,45,53). The second-order valence-corrected chi connectivity index (χ2v) is 13.7. The molecule has 2 N–H and O–H groups in total. The first-order chi connectivity index (χ1) is 25.7. The van der Waals surface area contributed by atoms with E-state index in [0.717, 1.165) is 39.2 Å². The van der Waals surface area contributed by atoms with E-state index in [2.05, 4.69) is 65.9 Å². The number of hydrogen-bond donors (Lipinski definition) is 2. The Morgan fingerprint density at radius 2 is 1.74 bits per heavy atom. The van der Waals surface area contributed by atoms with Crippen molar-refractivity contribution in [3.63, 3.8) is 0 Å². The van der Waals surface area contributed by atoms with Gasteiger partial charge >= 0.3 is 0 Å². The zero-order valence-corrected chi connectivity index (χ0v) is 29.6.